The van der Waals surface area contributed by atoms with E-state index in [1.54, 1.807) is 5.32 Å². The first-order valence-electron chi connectivity index (χ1n) is 7.89. The lowest BCUT2D eigenvalue weighted by molar-refractivity contribution is -0.189. The Balaban J connectivity index is 2.12. The Morgan fingerprint density at radius 2 is 1.79 bits per heavy atom. The fourth-order valence-electron chi connectivity index (χ4n) is 2.98. The molecule has 0 aromatic rings. The van der Waals surface area contributed by atoms with Gasteiger partial charge in [0.2, 0.25) is 0 Å². The molecule has 1 saturated carbocycles. The molecule has 2 aliphatic rings. The minimum atomic E-state index is -5.10. The van der Waals surface area contributed by atoms with Gasteiger partial charge in [0, 0.05) is 5.25 Å². The van der Waals surface area contributed by atoms with E-state index in [0.717, 1.165) is 32.1 Å². The van der Waals surface area contributed by atoms with E-state index in [1.165, 1.54) is 11.8 Å². The summed E-state index contributed by atoms with van der Waals surface area (Å²) >= 11 is 1.24. The molecule has 4 N–H and O–H groups in total. The zero-order valence-corrected chi connectivity index (χ0v) is 13.7. The fraction of sp³-hybridized carbons (Fsp3) is 0.929. The standard InChI is InChI=1S/C14H22F3NO5S/c15-14(16,17)13(22)18-9-11(21)10(20)8(6-19)23-12(9)24-7-4-2-1-3-5-7/h7-12,19-21H,1-6H2,(H,18,22)/t8-,9-,10-,11-,12-/m1/s1. The van der Waals surface area contributed by atoms with Crippen molar-refractivity contribution in [3.63, 3.8) is 0 Å². The number of carbonyl (C=O) groups excluding carboxylic acids is 1. The van der Waals surface area contributed by atoms with Crippen molar-refractivity contribution in [2.24, 2.45) is 0 Å². The van der Waals surface area contributed by atoms with Crippen molar-refractivity contribution >= 4 is 17.7 Å². The van der Waals surface area contributed by atoms with Gasteiger partial charge >= 0.3 is 12.1 Å². The summed E-state index contributed by atoms with van der Waals surface area (Å²) in [7, 11) is 0. The van der Waals surface area contributed by atoms with E-state index < -0.39 is 48.5 Å². The van der Waals surface area contributed by atoms with Crippen LogP contribution >= 0.6 is 11.8 Å². The SMILES string of the molecule is O=C(N[C@@H]1[C@@H](O)[C@H](O)[C@@H](CO)O[C@@H]1SC1CCCCC1)C(F)(F)F. The second-order valence-electron chi connectivity index (χ2n) is 6.10. The number of halogens is 3. The van der Waals surface area contributed by atoms with Crippen molar-refractivity contribution in [1.29, 1.82) is 0 Å². The summed E-state index contributed by atoms with van der Waals surface area (Å²) in [6.45, 7) is -0.583. The van der Waals surface area contributed by atoms with Gasteiger partial charge in [0.15, 0.2) is 0 Å². The van der Waals surface area contributed by atoms with Crippen LogP contribution in [-0.4, -0.2) is 69.0 Å². The summed E-state index contributed by atoms with van der Waals surface area (Å²) in [5, 5.41) is 31.1. The number of amides is 1. The van der Waals surface area contributed by atoms with E-state index in [4.69, 9.17) is 4.74 Å². The molecule has 1 heterocycles. The van der Waals surface area contributed by atoms with Crippen LogP contribution in [0.25, 0.3) is 0 Å². The van der Waals surface area contributed by atoms with E-state index in [9.17, 15) is 33.3 Å². The topological polar surface area (TPSA) is 99.0 Å². The maximum Gasteiger partial charge on any atom is 0.471 e. The molecule has 0 aromatic carbocycles. The highest BCUT2D eigenvalue weighted by molar-refractivity contribution is 8.00. The molecule has 24 heavy (non-hydrogen) atoms. The van der Waals surface area contributed by atoms with Crippen molar-refractivity contribution in [3.8, 4) is 0 Å². The van der Waals surface area contributed by atoms with Crippen molar-refractivity contribution in [2.75, 3.05) is 6.61 Å². The van der Waals surface area contributed by atoms with Gasteiger partial charge in [-0.1, -0.05) is 19.3 Å². The molecule has 0 aromatic heterocycles. The van der Waals surface area contributed by atoms with Crippen LogP contribution in [0.15, 0.2) is 0 Å². The highest BCUT2D eigenvalue weighted by atomic mass is 32.2. The van der Waals surface area contributed by atoms with E-state index in [-0.39, 0.29) is 5.25 Å². The van der Waals surface area contributed by atoms with Crippen LogP contribution < -0.4 is 5.32 Å². The molecule has 10 heteroatoms. The van der Waals surface area contributed by atoms with E-state index in [2.05, 4.69) is 0 Å². The lowest BCUT2D eigenvalue weighted by Crippen LogP contribution is -2.64. The second kappa shape index (κ2) is 8.22. The molecule has 1 aliphatic heterocycles. The first-order valence-corrected chi connectivity index (χ1v) is 8.84. The highest BCUT2D eigenvalue weighted by Crippen LogP contribution is 2.37. The maximum atomic E-state index is 12.5. The first kappa shape index (κ1) is 19.8. The Hall–Kier alpha value is -0.550. The molecule has 1 amide bonds. The Morgan fingerprint density at radius 1 is 1.17 bits per heavy atom. The summed E-state index contributed by atoms with van der Waals surface area (Å²) in [5.41, 5.74) is -0.977. The highest BCUT2D eigenvalue weighted by Gasteiger charge is 2.49. The summed E-state index contributed by atoms with van der Waals surface area (Å²) in [5.74, 6) is -2.20. The number of rotatable bonds is 4. The molecule has 0 spiro atoms. The summed E-state index contributed by atoms with van der Waals surface area (Å²) < 4.78 is 43.0. The van der Waals surface area contributed by atoms with Gasteiger partial charge in [0.1, 0.15) is 23.7 Å². The molecule has 2 rings (SSSR count). The zero-order valence-electron chi connectivity index (χ0n) is 12.9. The van der Waals surface area contributed by atoms with Crippen LogP contribution in [-0.2, 0) is 9.53 Å². The molecule has 0 bridgehead atoms. The summed E-state index contributed by atoms with van der Waals surface area (Å²) in [4.78, 5) is 11.2. The minimum Gasteiger partial charge on any atom is -0.394 e. The predicted octanol–water partition coefficient (Wildman–Crippen LogP) is 0.538. The van der Waals surface area contributed by atoms with Gasteiger partial charge < -0.3 is 25.4 Å². The zero-order chi connectivity index (χ0) is 17.9. The van der Waals surface area contributed by atoms with Gasteiger partial charge in [-0.15, -0.1) is 11.8 Å². The molecule has 5 atom stereocenters. The number of carbonyl (C=O) groups is 1. The summed E-state index contributed by atoms with van der Waals surface area (Å²) in [6.07, 6.45) is -4.63. The van der Waals surface area contributed by atoms with E-state index in [1.807, 2.05) is 0 Å². The van der Waals surface area contributed by atoms with Gasteiger partial charge in [-0.05, 0) is 12.8 Å². The monoisotopic (exact) mass is 373 g/mol. The number of alkyl halides is 3. The largest absolute Gasteiger partial charge is 0.471 e. The molecule has 2 fully saturated rings. The van der Waals surface area contributed by atoms with Crippen LogP contribution in [0.1, 0.15) is 32.1 Å². The number of hydrogen-bond acceptors (Lipinski definition) is 6. The normalized spacial score (nSPS) is 35.7. The molecular weight excluding hydrogens is 351 g/mol. The molecule has 0 unspecified atom stereocenters. The number of nitrogens with one attached hydrogen (secondary N) is 1. The van der Waals surface area contributed by atoms with Crippen molar-refractivity contribution in [2.45, 2.75) is 73.3 Å². The van der Waals surface area contributed by atoms with Crippen LogP contribution in [0.2, 0.25) is 0 Å². The number of ether oxygens (including phenoxy) is 1. The van der Waals surface area contributed by atoms with Gasteiger partial charge in [-0.3, -0.25) is 4.79 Å². The predicted molar refractivity (Wildman–Crippen MR) is 80.2 cm³/mol. The average Bonchev–Trinajstić information content (AvgIpc) is 2.54. The fourth-order valence-corrected chi connectivity index (χ4v) is 4.57. The third kappa shape index (κ3) is 4.75. The van der Waals surface area contributed by atoms with Gasteiger partial charge in [0.05, 0.1) is 12.6 Å². The first-order chi connectivity index (χ1) is 11.2. The van der Waals surface area contributed by atoms with Crippen molar-refractivity contribution in [1.82, 2.24) is 5.32 Å². The smallest absolute Gasteiger partial charge is 0.394 e. The van der Waals surface area contributed by atoms with Gasteiger partial charge in [-0.25, -0.2) is 0 Å². The molecular formula is C14H22F3NO5S. The Morgan fingerprint density at radius 3 is 2.33 bits per heavy atom. The third-order valence-electron chi connectivity index (χ3n) is 4.31. The second-order valence-corrected chi connectivity index (χ2v) is 7.50. The molecule has 140 valence electrons. The van der Waals surface area contributed by atoms with Crippen molar-refractivity contribution in [3.05, 3.63) is 0 Å². The van der Waals surface area contributed by atoms with Crippen LogP contribution in [0.3, 0.4) is 0 Å². The third-order valence-corrected chi connectivity index (χ3v) is 5.84. The minimum absolute atomic E-state index is 0.135. The van der Waals surface area contributed by atoms with Gasteiger partial charge in [-0.2, -0.15) is 13.2 Å². The molecule has 1 saturated heterocycles. The number of aliphatic hydroxyl groups is 3. The quantitative estimate of drug-likeness (QED) is 0.574. The Bertz CT molecular complexity index is 433. The number of aliphatic hydroxyl groups excluding tert-OH is 3. The van der Waals surface area contributed by atoms with Gasteiger partial charge in [0.25, 0.3) is 0 Å². The van der Waals surface area contributed by atoms with Crippen LogP contribution in [0, 0.1) is 0 Å². The lowest BCUT2D eigenvalue weighted by Gasteiger charge is -2.43. The van der Waals surface area contributed by atoms with Crippen LogP contribution in [0.4, 0.5) is 13.2 Å². The lowest BCUT2D eigenvalue weighted by atomic mass is 9.98. The molecule has 6 nitrogen and oxygen atoms in total. The van der Waals surface area contributed by atoms with Crippen LogP contribution in [0.5, 0.6) is 0 Å². The molecule has 0 radical (unpaired) electrons. The molecule has 1 aliphatic carbocycles. The van der Waals surface area contributed by atoms with E-state index >= 15 is 0 Å². The maximum absolute atomic E-state index is 12.5. The van der Waals surface area contributed by atoms with Crippen molar-refractivity contribution < 1.29 is 38.0 Å². The Labute approximate surface area is 141 Å². The number of hydrogen-bond donors (Lipinski definition) is 4. The Kier molecular flexibility index (Phi) is 6.77. The van der Waals surface area contributed by atoms with E-state index in [0.29, 0.717) is 0 Å². The number of thioether (sulfide) groups is 1. The summed E-state index contributed by atoms with van der Waals surface area (Å²) in [6, 6.07) is -1.41. The average molecular weight is 373 g/mol.